The summed E-state index contributed by atoms with van der Waals surface area (Å²) in [5, 5.41) is 24.3. The molecule has 0 spiro atoms. The van der Waals surface area contributed by atoms with Crippen molar-refractivity contribution in [1.29, 1.82) is 0 Å². The van der Waals surface area contributed by atoms with Crippen molar-refractivity contribution in [3.8, 4) is 11.5 Å². The van der Waals surface area contributed by atoms with E-state index in [1.54, 1.807) is 12.1 Å². The molecule has 0 radical (unpaired) electrons. The lowest BCUT2D eigenvalue weighted by atomic mass is 10.1. The van der Waals surface area contributed by atoms with Gasteiger partial charge in [-0.05, 0) is 47.0 Å². The summed E-state index contributed by atoms with van der Waals surface area (Å²) in [6, 6.07) is 18.2. The topological polar surface area (TPSA) is 81.9 Å². The number of carbonyl (C=O) groups excluding carboxylic acids is 1. The van der Waals surface area contributed by atoms with Crippen LogP contribution in [0.15, 0.2) is 70.6 Å². The third-order valence-corrected chi connectivity index (χ3v) is 4.85. The second-order valence-electron chi connectivity index (χ2n) is 5.73. The van der Waals surface area contributed by atoms with Gasteiger partial charge >= 0.3 is 0 Å². The molecule has 0 atom stereocenters. The first-order valence-corrected chi connectivity index (χ1v) is 8.71. The molecule has 6 heteroatoms. The van der Waals surface area contributed by atoms with E-state index in [2.05, 4.69) is 10.3 Å². The van der Waals surface area contributed by atoms with E-state index >= 15 is 0 Å². The van der Waals surface area contributed by atoms with Crippen LogP contribution in [0, 0.1) is 0 Å². The summed E-state index contributed by atoms with van der Waals surface area (Å²) < 4.78 is 0. The van der Waals surface area contributed by atoms with Crippen molar-refractivity contribution in [2.75, 3.05) is 0 Å². The zero-order valence-corrected chi connectivity index (χ0v) is 14.3. The molecule has 128 valence electrons. The van der Waals surface area contributed by atoms with Crippen LogP contribution in [0.1, 0.15) is 5.56 Å². The van der Waals surface area contributed by atoms with Crippen LogP contribution >= 0.6 is 11.8 Å². The van der Waals surface area contributed by atoms with Crippen LogP contribution in [-0.2, 0) is 4.79 Å². The average Bonchev–Trinajstić information content (AvgIpc) is 2.98. The summed E-state index contributed by atoms with van der Waals surface area (Å²) in [7, 11) is 0. The molecule has 4 rings (SSSR count). The van der Waals surface area contributed by atoms with Gasteiger partial charge in [0.1, 0.15) is 0 Å². The zero-order valence-electron chi connectivity index (χ0n) is 13.5. The number of carbonyl (C=O) groups is 1. The van der Waals surface area contributed by atoms with Gasteiger partial charge in [0.05, 0.1) is 10.6 Å². The van der Waals surface area contributed by atoms with Gasteiger partial charge in [0.15, 0.2) is 16.7 Å². The number of aliphatic imine (C=N–C) groups is 1. The van der Waals surface area contributed by atoms with Crippen molar-refractivity contribution in [2.24, 2.45) is 4.99 Å². The van der Waals surface area contributed by atoms with Gasteiger partial charge in [-0.25, -0.2) is 4.99 Å². The molecule has 1 amide bonds. The van der Waals surface area contributed by atoms with E-state index in [4.69, 9.17) is 0 Å². The average molecular weight is 362 g/mol. The van der Waals surface area contributed by atoms with E-state index in [0.29, 0.717) is 15.6 Å². The molecule has 5 nitrogen and oxygen atoms in total. The van der Waals surface area contributed by atoms with E-state index < -0.39 is 0 Å². The lowest BCUT2D eigenvalue weighted by molar-refractivity contribution is -0.115. The minimum atomic E-state index is -0.249. The molecule has 3 aromatic carbocycles. The van der Waals surface area contributed by atoms with Crippen LogP contribution in [0.5, 0.6) is 11.5 Å². The molecule has 1 aliphatic heterocycles. The summed E-state index contributed by atoms with van der Waals surface area (Å²) >= 11 is 1.23. The second-order valence-corrected chi connectivity index (χ2v) is 6.76. The molecule has 3 aromatic rings. The van der Waals surface area contributed by atoms with Crippen LogP contribution in [0.4, 0.5) is 5.69 Å². The van der Waals surface area contributed by atoms with Crippen LogP contribution in [0.25, 0.3) is 16.8 Å². The van der Waals surface area contributed by atoms with Crippen LogP contribution in [-0.4, -0.2) is 21.3 Å². The molecule has 0 aliphatic carbocycles. The number of rotatable bonds is 2. The molecule has 0 unspecified atom stereocenters. The normalized spacial score (nSPS) is 17.2. The molecule has 0 bridgehead atoms. The maximum atomic E-state index is 12.2. The second kappa shape index (κ2) is 6.57. The highest BCUT2D eigenvalue weighted by Gasteiger charge is 2.24. The number of hydrogen-bond acceptors (Lipinski definition) is 5. The number of hydrogen-bond donors (Lipinski definition) is 3. The Morgan fingerprint density at radius 2 is 1.77 bits per heavy atom. The van der Waals surface area contributed by atoms with E-state index in [9.17, 15) is 15.0 Å². The smallest absolute Gasteiger partial charge is 0.264 e. The summed E-state index contributed by atoms with van der Waals surface area (Å²) in [6.07, 6.45) is 1.64. The number of thioether (sulfide) groups is 1. The van der Waals surface area contributed by atoms with E-state index in [0.717, 1.165) is 16.5 Å². The van der Waals surface area contributed by atoms with E-state index in [-0.39, 0.29) is 17.4 Å². The highest BCUT2D eigenvalue weighted by Crippen LogP contribution is 2.32. The Kier molecular flexibility index (Phi) is 4.10. The number of aromatic hydroxyl groups is 2. The van der Waals surface area contributed by atoms with Gasteiger partial charge in [-0.1, -0.05) is 42.5 Å². The SMILES string of the molecule is O=C1NC(=Nc2cccc3ccccc23)SC1=Cc1ccc(O)c(O)c1. The predicted molar refractivity (Wildman–Crippen MR) is 105 cm³/mol. The highest BCUT2D eigenvalue weighted by molar-refractivity contribution is 8.18. The maximum Gasteiger partial charge on any atom is 0.264 e. The lowest BCUT2D eigenvalue weighted by Gasteiger charge is -2.02. The quantitative estimate of drug-likeness (QED) is 0.473. The van der Waals surface area contributed by atoms with E-state index in [1.165, 1.54) is 23.9 Å². The first-order chi connectivity index (χ1) is 12.6. The summed E-state index contributed by atoms with van der Waals surface area (Å²) in [6.45, 7) is 0. The zero-order chi connectivity index (χ0) is 18.1. The van der Waals surface area contributed by atoms with Gasteiger partial charge < -0.3 is 15.5 Å². The maximum absolute atomic E-state index is 12.2. The summed E-state index contributed by atoms with van der Waals surface area (Å²) in [4.78, 5) is 17.2. The number of nitrogens with zero attached hydrogens (tertiary/aromatic N) is 1. The van der Waals surface area contributed by atoms with E-state index in [1.807, 2.05) is 42.5 Å². The fraction of sp³-hybridized carbons (Fsp3) is 0. The Morgan fingerprint density at radius 3 is 2.62 bits per heavy atom. The predicted octanol–water partition coefficient (Wildman–Crippen LogP) is 4.14. The van der Waals surface area contributed by atoms with Crippen molar-refractivity contribution in [1.82, 2.24) is 5.32 Å². The highest BCUT2D eigenvalue weighted by atomic mass is 32.2. The van der Waals surface area contributed by atoms with Gasteiger partial charge in [0.25, 0.3) is 5.91 Å². The van der Waals surface area contributed by atoms with Crippen LogP contribution < -0.4 is 5.32 Å². The number of fused-ring (bicyclic) bond motifs is 1. The number of benzene rings is 3. The number of phenols is 2. The lowest BCUT2D eigenvalue weighted by Crippen LogP contribution is -2.19. The molecule has 3 N–H and O–H groups in total. The number of nitrogens with one attached hydrogen (secondary N) is 1. The van der Waals surface area contributed by atoms with Crippen LogP contribution in [0.3, 0.4) is 0 Å². The van der Waals surface area contributed by atoms with Crippen molar-refractivity contribution >= 4 is 45.4 Å². The molecule has 26 heavy (non-hydrogen) atoms. The third-order valence-electron chi connectivity index (χ3n) is 3.94. The molecule has 0 aromatic heterocycles. The minimum Gasteiger partial charge on any atom is -0.504 e. The molecular formula is C20H14N2O3S. The number of phenolic OH excluding ortho intramolecular Hbond substituents is 2. The first kappa shape index (κ1) is 16.2. The standard InChI is InChI=1S/C20H14N2O3S/c23-16-9-8-12(10-17(16)24)11-18-19(25)22-20(26-18)21-15-7-3-5-13-4-1-2-6-14(13)15/h1-11,23-24H,(H,21,22,25). The van der Waals surface area contributed by atoms with Gasteiger partial charge in [-0.3, -0.25) is 4.79 Å². The van der Waals surface area contributed by atoms with Crippen molar-refractivity contribution in [3.63, 3.8) is 0 Å². The van der Waals surface area contributed by atoms with Crippen molar-refractivity contribution in [2.45, 2.75) is 0 Å². The molecule has 1 fully saturated rings. The minimum absolute atomic E-state index is 0.200. The number of amides is 1. The molecule has 1 aliphatic rings. The molecule has 1 heterocycles. The van der Waals surface area contributed by atoms with Gasteiger partial charge in [0, 0.05) is 5.39 Å². The summed E-state index contributed by atoms with van der Waals surface area (Å²) in [5.41, 5.74) is 1.40. The third kappa shape index (κ3) is 3.14. The van der Waals surface area contributed by atoms with Crippen molar-refractivity contribution in [3.05, 3.63) is 71.1 Å². The van der Waals surface area contributed by atoms with Gasteiger partial charge in [0.2, 0.25) is 0 Å². The molecular weight excluding hydrogens is 348 g/mol. The van der Waals surface area contributed by atoms with Gasteiger partial charge in [-0.2, -0.15) is 0 Å². The summed E-state index contributed by atoms with van der Waals surface area (Å²) in [5.74, 6) is -0.678. The Labute approximate surface area is 153 Å². The first-order valence-electron chi connectivity index (χ1n) is 7.89. The number of amidine groups is 1. The Bertz CT molecular complexity index is 1080. The largest absolute Gasteiger partial charge is 0.504 e. The Hall–Kier alpha value is -3.25. The monoisotopic (exact) mass is 362 g/mol. The Balaban J connectivity index is 1.66. The fourth-order valence-electron chi connectivity index (χ4n) is 2.68. The van der Waals surface area contributed by atoms with Gasteiger partial charge in [-0.15, -0.1) is 0 Å². The fourth-order valence-corrected chi connectivity index (χ4v) is 3.51. The molecule has 1 saturated heterocycles. The Morgan fingerprint density at radius 1 is 0.962 bits per heavy atom. The van der Waals surface area contributed by atoms with Crippen LogP contribution in [0.2, 0.25) is 0 Å². The van der Waals surface area contributed by atoms with Crippen molar-refractivity contribution < 1.29 is 15.0 Å². The molecule has 0 saturated carbocycles.